The van der Waals surface area contributed by atoms with Crippen LogP contribution in [0, 0.1) is 0 Å². The van der Waals surface area contributed by atoms with Crippen LogP contribution in [0.5, 0.6) is 0 Å². The van der Waals surface area contributed by atoms with Crippen LogP contribution in [-0.4, -0.2) is 108 Å². The van der Waals surface area contributed by atoms with Crippen LogP contribution in [0.25, 0.3) is 0 Å². The van der Waals surface area contributed by atoms with Gasteiger partial charge in [0.25, 0.3) is 0 Å². The second-order valence-electron chi connectivity index (χ2n) is 11.5. The number of likely N-dealkylation sites (tertiary alicyclic amines) is 2. The van der Waals surface area contributed by atoms with Gasteiger partial charge in [-0.1, -0.05) is 6.92 Å². The number of nitrogens with zero attached hydrogens (tertiary/aromatic N) is 2. The van der Waals surface area contributed by atoms with Crippen molar-refractivity contribution in [3.63, 3.8) is 0 Å². The molecule has 0 aliphatic carbocycles. The average Bonchev–Trinajstić information content (AvgIpc) is 3.35. The molecule has 0 bridgehead atoms. The van der Waals surface area contributed by atoms with Gasteiger partial charge in [-0.3, -0.25) is 9.80 Å². The number of carbonyl (C=O) groups is 4. The Balaban J connectivity index is 0.000000380. The molecule has 2 aliphatic heterocycles. The van der Waals surface area contributed by atoms with Crippen LogP contribution in [0.2, 0.25) is 0 Å². The maximum absolute atomic E-state index is 14.4. The molecule has 0 spiro atoms. The number of aliphatic hydroxyl groups is 1. The molecule has 4 atom stereocenters. The third-order valence-corrected chi connectivity index (χ3v) is 5.90. The van der Waals surface area contributed by atoms with Crippen molar-refractivity contribution in [2.24, 2.45) is 0 Å². The summed E-state index contributed by atoms with van der Waals surface area (Å²) in [7, 11) is 2.38. The first kappa shape index (κ1) is 33.3. The molecule has 2 rings (SSSR count). The maximum Gasteiger partial charge on any atom is 0.411 e. The smallest absolute Gasteiger partial charge is 0.411 e. The predicted octanol–water partition coefficient (Wildman–Crippen LogP) is 3.16. The van der Waals surface area contributed by atoms with E-state index in [4.69, 9.17) is 14.6 Å². The van der Waals surface area contributed by atoms with Crippen molar-refractivity contribution in [1.29, 1.82) is 0 Å². The molecule has 2 amide bonds. The fraction of sp³-hybridized carbons (Fsp3) is 0.840. The molecule has 38 heavy (non-hydrogen) atoms. The number of aliphatic hydroxyl groups excluding tert-OH is 1. The Labute approximate surface area is 222 Å². The van der Waals surface area contributed by atoms with Crippen molar-refractivity contribution in [3.8, 4) is 0 Å². The van der Waals surface area contributed by atoms with E-state index in [9.17, 15) is 28.0 Å². The highest BCUT2D eigenvalue weighted by molar-refractivity contribution is 5.83. The maximum atomic E-state index is 14.4. The van der Waals surface area contributed by atoms with Gasteiger partial charge in [-0.2, -0.15) is 0 Å². The Bertz CT molecular complexity index is 804. The van der Waals surface area contributed by atoms with Crippen LogP contribution >= 0.6 is 0 Å². The van der Waals surface area contributed by atoms with E-state index in [1.807, 2.05) is 0 Å². The number of hydrogen-bond donors (Lipinski definition) is 1. The van der Waals surface area contributed by atoms with Gasteiger partial charge in [-0.25, -0.2) is 28.0 Å². The summed E-state index contributed by atoms with van der Waals surface area (Å²) in [6.45, 7) is 10.6. The van der Waals surface area contributed by atoms with E-state index in [1.54, 1.807) is 48.5 Å². The normalized spacial score (nSPS) is 27.3. The van der Waals surface area contributed by atoms with Crippen molar-refractivity contribution >= 4 is 24.1 Å². The third kappa shape index (κ3) is 9.25. The van der Waals surface area contributed by atoms with Gasteiger partial charge in [0, 0.05) is 12.8 Å². The molecule has 0 radical (unpaired) electrons. The SMILES string of the molecule is CCC1(F)C[C@@H](C(=O)OC)N(C(=O)OC(C)(C)C)C1.COC(=O)[C@@H]1CC(F)(CO)CN1C(=O)OC(C)(C)C. The molecule has 0 aromatic rings. The Kier molecular flexibility index (Phi) is 10.9. The minimum absolute atomic E-state index is 0.0462. The lowest BCUT2D eigenvalue weighted by Gasteiger charge is -2.27. The van der Waals surface area contributed by atoms with Crippen LogP contribution in [0.3, 0.4) is 0 Å². The monoisotopic (exact) mass is 552 g/mol. The van der Waals surface area contributed by atoms with E-state index in [0.29, 0.717) is 0 Å². The van der Waals surface area contributed by atoms with E-state index < -0.39 is 71.9 Å². The number of hydrogen-bond acceptors (Lipinski definition) is 9. The molecular formula is C25H42F2N2O9. The second kappa shape index (κ2) is 12.4. The average molecular weight is 553 g/mol. The number of esters is 2. The summed E-state index contributed by atoms with van der Waals surface area (Å²) in [4.78, 5) is 49.3. The minimum Gasteiger partial charge on any atom is -0.467 e. The fourth-order valence-corrected chi connectivity index (χ4v) is 3.96. The molecule has 0 aromatic carbocycles. The van der Waals surface area contributed by atoms with Gasteiger partial charge < -0.3 is 24.1 Å². The first-order valence-electron chi connectivity index (χ1n) is 12.4. The third-order valence-electron chi connectivity index (χ3n) is 5.90. The van der Waals surface area contributed by atoms with Crippen molar-refractivity contribution in [1.82, 2.24) is 9.80 Å². The molecule has 2 aliphatic rings. The Hall–Kier alpha value is -2.70. The van der Waals surface area contributed by atoms with Crippen LogP contribution in [0.1, 0.15) is 67.7 Å². The quantitative estimate of drug-likeness (QED) is 0.413. The largest absolute Gasteiger partial charge is 0.467 e. The van der Waals surface area contributed by atoms with Crippen molar-refractivity contribution in [2.45, 2.75) is 102 Å². The first-order valence-corrected chi connectivity index (χ1v) is 12.4. The first-order chi connectivity index (χ1) is 17.2. The van der Waals surface area contributed by atoms with Gasteiger partial charge in [-0.15, -0.1) is 0 Å². The van der Waals surface area contributed by atoms with Gasteiger partial charge in [0.05, 0.1) is 33.9 Å². The lowest BCUT2D eigenvalue weighted by atomic mass is 9.99. The highest BCUT2D eigenvalue weighted by Crippen LogP contribution is 2.35. The zero-order chi connectivity index (χ0) is 29.7. The molecule has 2 saturated heterocycles. The summed E-state index contributed by atoms with van der Waals surface area (Å²) in [5, 5.41) is 9.02. The predicted molar refractivity (Wildman–Crippen MR) is 132 cm³/mol. The van der Waals surface area contributed by atoms with Crippen LogP contribution in [0.4, 0.5) is 18.4 Å². The van der Waals surface area contributed by atoms with Crippen LogP contribution in [-0.2, 0) is 28.5 Å². The Morgan fingerprint density at radius 2 is 1.13 bits per heavy atom. The molecule has 1 N–H and O–H groups in total. The molecule has 0 aromatic heterocycles. The molecule has 0 saturated carbocycles. The summed E-state index contributed by atoms with van der Waals surface area (Å²) in [5.41, 5.74) is -5.00. The number of amides is 2. The number of carbonyl (C=O) groups excluding carboxylic acids is 4. The highest BCUT2D eigenvalue weighted by Gasteiger charge is 2.51. The van der Waals surface area contributed by atoms with Crippen LogP contribution < -0.4 is 0 Å². The van der Waals surface area contributed by atoms with Gasteiger partial charge in [-0.05, 0) is 48.0 Å². The van der Waals surface area contributed by atoms with E-state index >= 15 is 0 Å². The summed E-state index contributed by atoms with van der Waals surface area (Å²) in [6, 6.07) is -1.98. The van der Waals surface area contributed by atoms with Crippen molar-refractivity contribution in [2.75, 3.05) is 33.9 Å². The molecule has 13 heteroatoms. The molecule has 11 nitrogen and oxygen atoms in total. The van der Waals surface area contributed by atoms with E-state index in [0.717, 1.165) is 16.9 Å². The lowest BCUT2D eigenvalue weighted by Crippen LogP contribution is -2.44. The Morgan fingerprint density at radius 1 is 0.789 bits per heavy atom. The fourth-order valence-electron chi connectivity index (χ4n) is 3.96. The van der Waals surface area contributed by atoms with Gasteiger partial charge in [0.1, 0.15) is 29.0 Å². The zero-order valence-corrected chi connectivity index (χ0v) is 23.8. The van der Waals surface area contributed by atoms with Crippen LogP contribution in [0.15, 0.2) is 0 Å². The van der Waals surface area contributed by atoms with Gasteiger partial charge in [0.2, 0.25) is 0 Å². The standard InChI is InChI=1S/C13H22FNO4.C12H20FNO5/c1-6-13(14)7-9(10(16)18-5)15(8-13)11(17)19-12(2,3)4;1-11(2,3)19-10(17)14-6-12(13,7-15)5-8(14)9(16)18-4/h9H,6-8H2,1-5H3;8,15H,5-7H2,1-4H3/t9-,13?;8-,12?/m00/s1. The number of ether oxygens (including phenoxy) is 4. The van der Waals surface area contributed by atoms with Gasteiger partial charge in [0.15, 0.2) is 5.67 Å². The molecule has 2 fully saturated rings. The summed E-state index contributed by atoms with van der Waals surface area (Å²) in [5.74, 6) is -1.34. The summed E-state index contributed by atoms with van der Waals surface area (Å²) in [6.07, 6.45) is -1.59. The van der Waals surface area contributed by atoms with E-state index in [-0.39, 0.29) is 25.8 Å². The minimum atomic E-state index is -2.00. The number of methoxy groups -OCH3 is 2. The molecule has 2 unspecified atom stereocenters. The molecule has 220 valence electrons. The zero-order valence-electron chi connectivity index (χ0n) is 23.8. The lowest BCUT2D eigenvalue weighted by molar-refractivity contribution is -0.146. The number of alkyl halides is 2. The number of rotatable bonds is 4. The van der Waals surface area contributed by atoms with E-state index in [2.05, 4.69) is 9.47 Å². The highest BCUT2D eigenvalue weighted by atomic mass is 19.1. The molecule has 2 heterocycles. The second-order valence-corrected chi connectivity index (χ2v) is 11.5. The van der Waals surface area contributed by atoms with Gasteiger partial charge >= 0.3 is 24.1 Å². The molecular weight excluding hydrogens is 510 g/mol. The van der Waals surface area contributed by atoms with Crippen molar-refractivity contribution in [3.05, 3.63) is 0 Å². The van der Waals surface area contributed by atoms with Crippen molar-refractivity contribution < 1.29 is 52.0 Å². The van der Waals surface area contributed by atoms with E-state index in [1.165, 1.54) is 7.11 Å². The Morgan fingerprint density at radius 3 is 1.42 bits per heavy atom. The summed E-state index contributed by atoms with van der Waals surface area (Å²) >= 11 is 0. The number of halogens is 2. The summed E-state index contributed by atoms with van der Waals surface area (Å²) < 4.78 is 48.0. The topological polar surface area (TPSA) is 132 Å².